The summed E-state index contributed by atoms with van der Waals surface area (Å²) in [6.45, 7) is 11.5. The van der Waals surface area contributed by atoms with Crippen molar-refractivity contribution in [3.63, 3.8) is 0 Å². The van der Waals surface area contributed by atoms with E-state index in [1.54, 1.807) is 0 Å². The summed E-state index contributed by atoms with van der Waals surface area (Å²) < 4.78 is 11.7. The molecule has 0 N–H and O–H groups in total. The number of rotatable bonds is 6. The maximum absolute atomic E-state index is 4.76. The monoisotopic (exact) mass is 736 g/mol. The zero-order valence-corrected chi connectivity index (χ0v) is 31.9. The maximum atomic E-state index is 2.73. The van der Waals surface area contributed by atoms with Crippen molar-refractivity contribution in [2.75, 3.05) is 0 Å². The number of hydrogen-bond donors (Lipinski definition) is 0. The Morgan fingerprint density at radius 2 is 0.929 bits per heavy atom. The molecule has 2 aliphatic carbocycles. The van der Waals surface area contributed by atoms with Gasteiger partial charge in [-0.15, -0.1) is 0 Å². The molecule has 0 aliphatic heterocycles. The molecule has 2 heteroatoms. The van der Waals surface area contributed by atoms with Gasteiger partial charge in [-0.05, 0) is 0 Å². The Labute approximate surface area is 250 Å². The van der Waals surface area contributed by atoms with Gasteiger partial charge in [0.1, 0.15) is 0 Å². The first-order valence-electron chi connectivity index (χ1n) is 15.9. The summed E-state index contributed by atoms with van der Waals surface area (Å²) in [6.07, 6.45) is 10.1. The van der Waals surface area contributed by atoms with Crippen LogP contribution >= 0.6 is 0 Å². The van der Waals surface area contributed by atoms with Crippen LogP contribution in [0.2, 0.25) is 18.7 Å². The Morgan fingerprint density at radius 3 is 1.31 bits per heavy atom. The molecule has 4 aromatic rings. The third-order valence-electron chi connectivity index (χ3n) is 10.9. The summed E-state index contributed by atoms with van der Waals surface area (Å²) in [5, 5.41) is 0. The SMILES string of the molecule is CC(C)c1cccc(-c2cccc3c2C=C[CH]3[Hf]([CH3])([CH3])([CH3])([CH3])(=[SiH2])[CH]2C=Cc3c(-c4cccc(C(C)C)c4)cccc32)c1. The Morgan fingerprint density at radius 1 is 0.548 bits per heavy atom. The first-order chi connectivity index (χ1) is 19.5. The first kappa shape index (κ1) is 29.5. The normalized spacial score (nSPS) is 20.2. The van der Waals surface area contributed by atoms with E-state index in [1.807, 2.05) is 0 Å². The van der Waals surface area contributed by atoms with Crippen molar-refractivity contribution >= 4 is 19.1 Å². The van der Waals surface area contributed by atoms with Crippen molar-refractivity contribution in [3.05, 3.63) is 130 Å². The Kier molecular flexibility index (Phi) is 6.16. The fraction of sp³-hybridized carbons (Fsp3) is 0.300. The van der Waals surface area contributed by atoms with Gasteiger partial charge in [0.2, 0.25) is 0 Å². The van der Waals surface area contributed by atoms with Crippen LogP contribution in [0.3, 0.4) is 0 Å². The average Bonchev–Trinajstić information content (AvgIpc) is 3.59. The van der Waals surface area contributed by atoms with Crippen molar-refractivity contribution in [1.29, 1.82) is 0 Å². The van der Waals surface area contributed by atoms with Gasteiger partial charge in [-0.25, -0.2) is 0 Å². The Hall–Kier alpha value is -2.55. The number of hydrogen-bond acceptors (Lipinski definition) is 0. The van der Waals surface area contributed by atoms with Crippen molar-refractivity contribution in [2.24, 2.45) is 0 Å². The predicted octanol–water partition coefficient (Wildman–Crippen LogP) is 11.6. The van der Waals surface area contributed by atoms with Gasteiger partial charge in [-0.2, -0.15) is 0 Å². The topological polar surface area (TPSA) is 0 Å². The van der Waals surface area contributed by atoms with Crippen LogP contribution in [-0.2, 0) is 14.2 Å². The second-order valence-electron chi connectivity index (χ2n) is 18.1. The van der Waals surface area contributed by atoms with E-state index in [1.165, 1.54) is 55.6 Å². The molecular formula is C40H48HfSi. The Balaban J connectivity index is 1.49. The standard InChI is InChI=1S/2C18H17.4CH3.Hf.H2Si/c2*1-13(2)15-8-3-9-16(12-15)18-11-5-7-14-6-4-10-17(14)18;;;;;;/h2*3-13H,1-2H3;4*1H3;;1H2. The molecule has 4 aromatic carbocycles. The molecular weight excluding hydrogens is 687 g/mol. The van der Waals surface area contributed by atoms with Crippen LogP contribution in [0.25, 0.3) is 34.4 Å². The molecule has 0 saturated heterocycles. The number of fused-ring (bicyclic) bond motifs is 2. The molecule has 216 valence electrons. The molecule has 2 atom stereocenters. The van der Waals surface area contributed by atoms with Gasteiger partial charge in [0.25, 0.3) is 0 Å². The van der Waals surface area contributed by atoms with Crippen LogP contribution in [-0.4, -0.2) is 6.94 Å². The van der Waals surface area contributed by atoms with E-state index in [2.05, 4.69) is 163 Å². The molecule has 0 saturated carbocycles. The minimum atomic E-state index is -4.76. The molecule has 6 rings (SSSR count). The molecule has 0 bridgehead atoms. The summed E-state index contributed by atoms with van der Waals surface area (Å²) in [5.74, 6) is 1.04. The number of allylic oxidation sites excluding steroid dienone is 2. The fourth-order valence-corrected chi connectivity index (χ4v) is 37.0. The molecule has 2 unspecified atom stereocenters. The van der Waals surface area contributed by atoms with Gasteiger partial charge >= 0.3 is 252 Å². The summed E-state index contributed by atoms with van der Waals surface area (Å²) in [4.78, 5) is 0. The molecule has 0 nitrogen and oxygen atoms in total. The van der Waals surface area contributed by atoms with Crippen molar-refractivity contribution in [3.8, 4) is 22.3 Å². The van der Waals surface area contributed by atoms with E-state index in [9.17, 15) is 0 Å². The molecule has 0 heterocycles. The third kappa shape index (κ3) is 4.65. The van der Waals surface area contributed by atoms with E-state index in [0.717, 1.165) is 0 Å². The average molecular weight is 735 g/mol. The van der Waals surface area contributed by atoms with Crippen LogP contribution < -0.4 is 0 Å². The fourth-order valence-electron chi connectivity index (χ4n) is 8.16. The number of benzene rings is 4. The summed E-state index contributed by atoms with van der Waals surface area (Å²) in [5.41, 5.74) is 14.1. The quantitative estimate of drug-likeness (QED) is 0.173. The summed E-state index contributed by atoms with van der Waals surface area (Å²) in [7, 11) is 0. The molecule has 2 aliphatic rings. The predicted molar refractivity (Wildman–Crippen MR) is 187 cm³/mol. The van der Waals surface area contributed by atoms with E-state index in [4.69, 9.17) is 0 Å². The second kappa shape index (κ2) is 8.76. The van der Waals surface area contributed by atoms with E-state index in [-0.39, 0.29) is 0 Å². The van der Waals surface area contributed by atoms with Crippen molar-refractivity contribution < 1.29 is 14.2 Å². The van der Waals surface area contributed by atoms with Gasteiger partial charge in [0.05, 0.1) is 0 Å². The van der Waals surface area contributed by atoms with Crippen molar-refractivity contribution in [1.82, 2.24) is 0 Å². The van der Waals surface area contributed by atoms with Gasteiger partial charge in [0, 0.05) is 0 Å². The van der Waals surface area contributed by atoms with Gasteiger partial charge in [-0.3, -0.25) is 0 Å². The molecule has 0 aromatic heterocycles. The molecule has 42 heavy (non-hydrogen) atoms. The first-order valence-corrected chi connectivity index (χ1v) is 42.8. The molecule has 0 radical (unpaired) electrons. The van der Waals surface area contributed by atoms with Gasteiger partial charge < -0.3 is 0 Å². The van der Waals surface area contributed by atoms with Crippen LogP contribution in [0, 0.1) is 0 Å². The van der Waals surface area contributed by atoms with Crippen LogP contribution in [0.5, 0.6) is 0 Å². The zero-order chi connectivity index (χ0) is 30.2. The van der Waals surface area contributed by atoms with E-state index >= 15 is 0 Å². The zero-order valence-electron chi connectivity index (χ0n) is 26.9. The van der Waals surface area contributed by atoms with Crippen LogP contribution in [0.15, 0.2) is 97.1 Å². The van der Waals surface area contributed by atoms with E-state index < -0.39 is 14.2 Å². The van der Waals surface area contributed by atoms with Gasteiger partial charge in [0.15, 0.2) is 0 Å². The third-order valence-corrected chi connectivity index (χ3v) is 45.3. The van der Waals surface area contributed by atoms with Gasteiger partial charge in [-0.1, -0.05) is 0 Å². The molecule has 0 fully saturated rings. The molecule has 0 spiro atoms. The van der Waals surface area contributed by atoms with E-state index in [0.29, 0.717) is 19.2 Å². The summed E-state index contributed by atoms with van der Waals surface area (Å²) >= 11 is -4.76. The minimum absolute atomic E-state index is 0.407. The van der Waals surface area contributed by atoms with Crippen LogP contribution in [0.4, 0.5) is 0 Å². The second-order valence-corrected chi connectivity index (χ2v) is 105. The Bertz CT molecular complexity index is 1790. The van der Waals surface area contributed by atoms with Crippen LogP contribution in [0.1, 0.15) is 80.3 Å². The van der Waals surface area contributed by atoms with Crippen molar-refractivity contribution in [2.45, 2.75) is 65.6 Å². The summed E-state index contributed by atoms with van der Waals surface area (Å²) in [6, 6.07) is 32.4. The molecule has 0 amide bonds.